The summed E-state index contributed by atoms with van der Waals surface area (Å²) in [6.07, 6.45) is 2.35. The lowest BCUT2D eigenvalue weighted by Gasteiger charge is -2.17. The van der Waals surface area contributed by atoms with Gasteiger partial charge in [0.15, 0.2) is 0 Å². The van der Waals surface area contributed by atoms with Crippen LogP contribution in [0, 0.1) is 0 Å². The van der Waals surface area contributed by atoms with Gasteiger partial charge in [0, 0.05) is 43.1 Å². The number of rotatable bonds is 9. The first-order valence-electron chi connectivity index (χ1n) is 9.66. The topological polar surface area (TPSA) is 64.4 Å². The summed E-state index contributed by atoms with van der Waals surface area (Å²) >= 11 is 1.40. The predicted molar refractivity (Wildman–Crippen MR) is 119 cm³/mol. The maximum Gasteiger partial charge on any atom is 0.315 e. The lowest BCUT2D eigenvalue weighted by Crippen LogP contribution is -2.26. The molecule has 0 saturated carbocycles. The summed E-state index contributed by atoms with van der Waals surface area (Å²) < 4.78 is 6.46. The molecule has 6 nitrogen and oxygen atoms in total. The van der Waals surface area contributed by atoms with Crippen molar-refractivity contribution in [2.75, 3.05) is 25.7 Å². The van der Waals surface area contributed by atoms with E-state index >= 15 is 0 Å². The fraction of sp³-hybridized carbons (Fsp3) is 0.261. The number of hydrogen-bond acceptors (Lipinski definition) is 5. The molecule has 1 heterocycles. The van der Waals surface area contributed by atoms with Crippen molar-refractivity contribution < 1.29 is 14.3 Å². The predicted octanol–water partition coefficient (Wildman–Crippen LogP) is 3.79. The minimum atomic E-state index is -0.276. The lowest BCUT2D eigenvalue weighted by molar-refractivity contribution is -0.137. The number of esters is 1. The third kappa shape index (κ3) is 5.73. The van der Waals surface area contributed by atoms with Gasteiger partial charge in [0.1, 0.15) is 0 Å². The van der Waals surface area contributed by atoms with E-state index in [2.05, 4.69) is 4.74 Å². The molecule has 0 unspecified atom stereocenters. The van der Waals surface area contributed by atoms with E-state index in [1.807, 2.05) is 71.5 Å². The Morgan fingerprint density at radius 1 is 1.07 bits per heavy atom. The Morgan fingerprint density at radius 3 is 2.40 bits per heavy atom. The van der Waals surface area contributed by atoms with E-state index in [4.69, 9.17) is 5.10 Å². The Kier molecular flexibility index (Phi) is 7.68. The van der Waals surface area contributed by atoms with Crippen molar-refractivity contribution in [2.24, 2.45) is 0 Å². The van der Waals surface area contributed by atoms with E-state index in [1.165, 1.54) is 18.9 Å². The van der Waals surface area contributed by atoms with Crippen LogP contribution in [-0.2, 0) is 20.9 Å². The van der Waals surface area contributed by atoms with Gasteiger partial charge in [-0.05, 0) is 12.1 Å². The quantitative estimate of drug-likeness (QED) is 0.387. The summed E-state index contributed by atoms with van der Waals surface area (Å²) in [4.78, 5) is 25.4. The molecule has 30 heavy (non-hydrogen) atoms. The fourth-order valence-electron chi connectivity index (χ4n) is 2.99. The first-order valence-corrected chi connectivity index (χ1v) is 10.8. The molecule has 3 aromatic rings. The van der Waals surface area contributed by atoms with E-state index in [1.54, 1.807) is 11.9 Å². The molecule has 0 aliphatic heterocycles. The van der Waals surface area contributed by atoms with Crippen LogP contribution in [-0.4, -0.2) is 52.2 Å². The van der Waals surface area contributed by atoms with E-state index in [-0.39, 0.29) is 17.6 Å². The molecule has 0 atom stereocenters. The van der Waals surface area contributed by atoms with Crippen molar-refractivity contribution in [2.45, 2.75) is 13.0 Å². The van der Waals surface area contributed by atoms with Gasteiger partial charge >= 0.3 is 5.97 Å². The molecular formula is C23H25N3O3S. The smallest absolute Gasteiger partial charge is 0.315 e. The number of benzene rings is 2. The van der Waals surface area contributed by atoms with Crippen LogP contribution in [0.1, 0.15) is 12.0 Å². The molecule has 0 spiro atoms. The average Bonchev–Trinajstić information content (AvgIpc) is 3.21. The third-order valence-corrected chi connectivity index (χ3v) is 5.53. The maximum absolute atomic E-state index is 12.6. The Morgan fingerprint density at radius 2 is 1.73 bits per heavy atom. The van der Waals surface area contributed by atoms with Crippen molar-refractivity contribution in [1.82, 2.24) is 14.7 Å². The number of thioether (sulfide) groups is 1. The van der Waals surface area contributed by atoms with Crippen molar-refractivity contribution in [3.05, 3.63) is 72.4 Å². The lowest BCUT2D eigenvalue weighted by atomic mass is 10.1. The van der Waals surface area contributed by atoms with Crippen molar-refractivity contribution >= 4 is 23.6 Å². The first-order chi connectivity index (χ1) is 14.6. The molecule has 0 fully saturated rings. The van der Waals surface area contributed by atoms with Crippen molar-refractivity contribution in [3.63, 3.8) is 0 Å². The maximum atomic E-state index is 12.6. The Balaban J connectivity index is 1.73. The average molecular weight is 424 g/mol. The van der Waals surface area contributed by atoms with Gasteiger partial charge < -0.3 is 9.64 Å². The monoisotopic (exact) mass is 423 g/mol. The second-order valence-corrected chi connectivity index (χ2v) is 7.88. The van der Waals surface area contributed by atoms with Gasteiger partial charge in [0.2, 0.25) is 5.91 Å². The SMILES string of the molecule is COC(=O)CSCCC(=O)N(C)Cc1cn(-c2ccccc2)nc1-c1ccccc1. The second-order valence-electron chi connectivity index (χ2n) is 6.78. The number of aromatic nitrogens is 2. The van der Waals surface area contributed by atoms with Gasteiger partial charge in [-0.15, -0.1) is 11.8 Å². The Labute approximate surface area is 180 Å². The Bertz CT molecular complexity index is 974. The van der Waals surface area contributed by atoms with Crippen molar-refractivity contribution in [1.29, 1.82) is 0 Å². The van der Waals surface area contributed by atoms with Gasteiger partial charge in [-0.3, -0.25) is 9.59 Å². The Hall–Kier alpha value is -3.06. The zero-order chi connectivity index (χ0) is 21.3. The summed E-state index contributed by atoms with van der Waals surface area (Å²) in [5, 5.41) is 4.79. The van der Waals surface area contributed by atoms with E-state index in [0.717, 1.165) is 22.5 Å². The van der Waals surface area contributed by atoms with E-state index < -0.39 is 0 Å². The molecular weight excluding hydrogens is 398 g/mol. The molecule has 2 aromatic carbocycles. The number of methoxy groups -OCH3 is 1. The minimum Gasteiger partial charge on any atom is -0.468 e. The van der Waals surface area contributed by atoms with E-state index in [0.29, 0.717) is 18.7 Å². The van der Waals surface area contributed by atoms with Gasteiger partial charge in [0.25, 0.3) is 0 Å². The van der Waals surface area contributed by atoms with Crippen LogP contribution in [0.5, 0.6) is 0 Å². The number of para-hydroxylation sites is 1. The molecule has 1 aromatic heterocycles. The van der Waals surface area contributed by atoms with Crippen LogP contribution in [0.25, 0.3) is 16.9 Å². The highest BCUT2D eigenvalue weighted by Crippen LogP contribution is 2.25. The van der Waals surface area contributed by atoms with E-state index in [9.17, 15) is 9.59 Å². The van der Waals surface area contributed by atoms with Crippen LogP contribution in [0.4, 0.5) is 0 Å². The third-order valence-electron chi connectivity index (χ3n) is 4.60. The van der Waals surface area contributed by atoms with Crippen LogP contribution in [0.15, 0.2) is 66.9 Å². The fourth-order valence-corrected chi connectivity index (χ4v) is 3.73. The number of nitrogens with zero attached hydrogens (tertiary/aromatic N) is 3. The highest BCUT2D eigenvalue weighted by molar-refractivity contribution is 7.99. The van der Waals surface area contributed by atoms with Gasteiger partial charge in [-0.25, -0.2) is 4.68 Å². The molecule has 0 aliphatic carbocycles. The standard InChI is InChI=1S/C23H25N3O3S/c1-25(21(27)13-14-30-17-22(28)29-2)15-19-16-26(20-11-7-4-8-12-20)24-23(19)18-9-5-3-6-10-18/h3-12,16H,13-15,17H2,1-2H3. The molecule has 0 N–H and O–H groups in total. The van der Waals surface area contributed by atoms with Crippen molar-refractivity contribution in [3.8, 4) is 16.9 Å². The molecule has 7 heteroatoms. The van der Waals surface area contributed by atoms with Gasteiger partial charge in [0.05, 0.1) is 24.2 Å². The first kappa shape index (κ1) is 21.6. The van der Waals surface area contributed by atoms with Crippen LogP contribution >= 0.6 is 11.8 Å². The normalized spacial score (nSPS) is 10.6. The largest absolute Gasteiger partial charge is 0.468 e. The second kappa shape index (κ2) is 10.6. The van der Waals surface area contributed by atoms with Gasteiger partial charge in [-0.1, -0.05) is 48.5 Å². The van der Waals surface area contributed by atoms with Gasteiger partial charge in [-0.2, -0.15) is 5.10 Å². The molecule has 156 valence electrons. The highest BCUT2D eigenvalue weighted by atomic mass is 32.2. The molecule has 0 saturated heterocycles. The summed E-state index contributed by atoms with van der Waals surface area (Å²) in [6, 6.07) is 19.9. The van der Waals surface area contributed by atoms with Crippen LogP contribution in [0.2, 0.25) is 0 Å². The number of amides is 1. The zero-order valence-corrected chi connectivity index (χ0v) is 18.0. The summed E-state index contributed by atoms with van der Waals surface area (Å²) in [6.45, 7) is 0.456. The highest BCUT2D eigenvalue weighted by Gasteiger charge is 2.17. The van der Waals surface area contributed by atoms with Crippen LogP contribution in [0.3, 0.4) is 0 Å². The zero-order valence-electron chi connectivity index (χ0n) is 17.2. The molecule has 0 aliphatic rings. The summed E-state index contributed by atoms with van der Waals surface area (Å²) in [5.74, 6) is 0.586. The molecule has 1 amide bonds. The number of ether oxygens (including phenoxy) is 1. The van der Waals surface area contributed by atoms with Crippen LogP contribution < -0.4 is 0 Å². The summed E-state index contributed by atoms with van der Waals surface area (Å²) in [7, 11) is 3.16. The molecule has 3 rings (SSSR count). The number of carbonyl (C=O) groups excluding carboxylic acids is 2. The minimum absolute atomic E-state index is 0.0267. The summed E-state index contributed by atoms with van der Waals surface area (Å²) in [5.41, 5.74) is 3.81. The number of carbonyl (C=O) groups is 2. The number of hydrogen-bond donors (Lipinski definition) is 0. The molecule has 0 bridgehead atoms. The molecule has 0 radical (unpaired) electrons.